The maximum atomic E-state index is 13.1. The third-order valence-corrected chi connectivity index (χ3v) is 30.4. The molecule has 0 aliphatic heterocycles. The molecule has 15 atom stereocenters. The molecule has 9 aliphatic carbocycles. The van der Waals surface area contributed by atoms with E-state index in [0.29, 0.717) is 91.5 Å². The number of halogens is 28. The van der Waals surface area contributed by atoms with Crippen LogP contribution in [0.3, 0.4) is 0 Å². The molecule has 9 aliphatic rings. The average Bonchev–Trinajstić information content (AvgIpc) is 1.57. The van der Waals surface area contributed by atoms with Gasteiger partial charge in [0.25, 0.3) is 0 Å². The van der Waals surface area contributed by atoms with Crippen LogP contribution in [0.15, 0.2) is 83.8 Å². The van der Waals surface area contributed by atoms with Gasteiger partial charge in [0.2, 0.25) is 0 Å². The number of aryl methyl sites for hydroxylation is 4. The Labute approximate surface area is 804 Å². The summed E-state index contributed by atoms with van der Waals surface area (Å²) in [5, 5.41) is 9.73. The molecule has 0 spiro atoms. The third-order valence-electron chi connectivity index (χ3n) is 28.7. The van der Waals surface area contributed by atoms with Crippen molar-refractivity contribution < 1.29 is 226 Å². The standard InChI is InChI=1S/C28H35F9O3.C27H32BrF9O3.C27H33F9O4.C7H8O2S2.K/c1-3-13-38-18-6-8-19-17(16-18)5-7-21-20(19)11-12-24(2)22(21)9-10-23(24)39-14-4-15-40-25(26(29,30)31,27(32,33)34)28(35,36)37;1-23-10-9-19-18-6-4-17(38-14-11-28)15-16(18)3-5-20(19)21(23)7-8-22(23)39-12-2-13-40-24(25(29,30)31,26(32,33)34)27(35,36)37;1-23-10-9-19-18-6-4-17(38-14-11-37)15-16(18)3-5-20(19)21(23)7-8-22(23)39-12-2-13-40-24(25(28,29)30,26(31,32)33)27(34,35)36;1-6-2-4-7(5-3-6)11(8,9)10;/h6,8,16,20-23H,3-5,7,9-15H2,1-2H3;4,6,15,19-22H,2-3,5,7-14H2,1H3;4,6,15,19-22,37H,2-3,5,7-14H2,1H3;2-5H,1H3,(H,8,9,10);/q;;;;+1/p-1/t20-,21-,22+,23+,24+;2*19-,20-,21+,22+,23+;;/m111../s1. The second-order valence-corrected chi connectivity index (χ2v) is 39.6. The molecule has 43 heteroatoms. The average molecular weight is 2060 g/mol. The fourth-order valence-electron chi connectivity index (χ4n) is 22.6. The molecule has 0 radical (unpaired) electrons. The van der Waals surface area contributed by atoms with E-state index in [1.54, 1.807) is 12.1 Å². The summed E-state index contributed by atoms with van der Waals surface area (Å²) in [5.74, 6) is 5.77. The Morgan fingerprint density at radius 1 is 0.379 bits per heavy atom. The quantitative estimate of drug-likeness (QED) is 0.0144. The zero-order valence-electron chi connectivity index (χ0n) is 73.1. The molecule has 0 amide bonds. The number of fused-ring (bicyclic) bond motifs is 15. The Morgan fingerprint density at radius 2 is 0.652 bits per heavy atom. The van der Waals surface area contributed by atoms with Gasteiger partial charge in [0.15, 0.2) is 0 Å². The van der Waals surface area contributed by atoms with Gasteiger partial charge >= 0.3 is 124 Å². The smallest absolute Gasteiger partial charge is 0.644 e. The van der Waals surface area contributed by atoms with Crippen molar-refractivity contribution in [2.45, 2.75) is 289 Å². The van der Waals surface area contributed by atoms with Crippen LogP contribution in [0.4, 0.5) is 119 Å². The van der Waals surface area contributed by atoms with E-state index < -0.39 is 120 Å². The first-order chi connectivity index (χ1) is 60.7. The first kappa shape index (κ1) is 112. The summed E-state index contributed by atoms with van der Waals surface area (Å²) in [6.07, 6.45) is -46.6. The van der Waals surface area contributed by atoms with E-state index in [1.807, 2.05) is 31.2 Å². The van der Waals surface area contributed by atoms with Crippen molar-refractivity contribution in [3.8, 4) is 17.2 Å². The van der Waals surface area contributed by atoms with Crippen LogP contribution in [0.5, 0.6) is 17.2 Å². The van der Waals surface area contributed by atoms with E-state index in [4.69, 9.17) is 33.5 Å². The summed E-state index contributed by atoms with van der Waals surface area (Å²) < 4.78 is 419. The van der Waals surface area contributed by atoms with Crippen molar-refractivity contribution in [2.75, 3.05) is 71.4 Å². The summed E-state index contributed by atoms with van der Waals surface area (Å²) in [5.41, 5.74) is -10.7. The Kier molecular flexibility index (Phi) is 37.0. The summed E-state index contributed by atoms with van der Waals surface area (Å²) >= 11 is 7.62. The minimum Gasteiger partial charge on any atom is -0.644 e. The molecule has 744 valence electrons. The molecule has 13 rings (SSSR count). The van der Waals surface area contributed by atoms with Crippen LogP contribution in [0.25, 0.3) is 0 Å². The molecule has 6 saturated carbocycles. The third kappa shape index (κ3) is 23.5. The van der Waals surface area contributed by atoms with E-state index in [-0.39, 0.29) is 124 Å². The number of hydrogen-bond donors (Lipinski definition) is 1. The van der Waals surface area contributed by atoms with Crippen molar-refractivity contribution in [3.63, 3.8) is 0 Å². The van der Waals surface area contributed by atoms with Crippen molar-refractivity contribution in [1.82, 2.24) is 0 Å². The van der Waals surface area contributed by atoms with Crippen LogP contribution in [-0.2, 0) is 68.2 Å². The van der Waals surface area contributed by atoms with Gasteiger partial charge in [-0.15, -0.1) is 0 Å². The summed E-state index contributed by atoms with van der Waals surface area (Å²) in [6.45, 7) is 6.47. The molecule has 0 saturated heterocycles. The van der Waals surface area contributed by atoms with Crippen LogP contribution < -0.4 is 65.6 Å². The molecule has 0 unspecified atom stereocenters. The SMILES string of the molecule is CCCOc1ccc2c(c1)CC[C@@H]1[C@@H]2CC[C@]2(C)[C@@H](OCCCOC(C(F)(F)F)(C(F)(F)F)C(F)(F)F)CC[C@@H]12.C[C@]12CC[C@@H]3c4ccc(OCCBr)cc4CC[C@H]3[C@@H]1CC[C@@H]2OCCCOC(C(F)(F)F)(C(F)(F)F)C(F)(F)F.C[C@]12CC[C@@H]3c4ccc(OCCO)cc4CC[C@H]3[C@@H]1CC[C@@H]2OCCCOC(C(F)(F)F)(C(F)(F)F)C(F)(F)F.Cc1ccc(S(=O)(=O)[S-])cc1.[K+]. The number of ether oxygens (including phenoxy) is 9. The molecular weight excluding hydrogens is 1960 g/mol. The van der Waals surface area contributed by atoms with E-state index in [2.05, 4.69) is 99.8 Å². The largest absolute Gasteiger partial charge is 1.00 e. The zero-order chi connectivity index (χ0) is 97.2. The van der Waals surface area contributed by atoms with E-state index >= 15 is 0 Å². The van der Waals surface area contributed by atoms with Crippen molar-refractivity contribution in [1.29, 1.82) is 0 Å². The molecule has 132 heavy (non-hydrogen) atoms. The minimum absolute atomic E-state index is 0. The van der Waals surface area contributed by atoms with Crippen molar-refractivity contribution in [2.24, 2.45) is 51.8 Å². The molecule has 6 fully saturated rings. The monoisotopic (exact) mass is 2060 g/mol. The van der Waals surface area contributed by atoms with Crippen molar-refractivity contribution in [3.05, 3.63) is 118 Å². The molecule has 0 bridgehead atoms. The molecular formula is C89H107BrF27KO12S2. The maximum Gasteiger partial charge on any atom is 1.00 e. The first-order valence-corrected chi connectivity index (χ1v) is 47.1. The van der Waals surface area contributed by atoms with Gasteiger partial charge in [-0.2, -0.15) is 119 Å². The molecule has 12 nitrogen and oxygen atoms in total. The van der Waals surface area contributed by atoms with Crippen LogP contribution in [0.2, 0.25) is 0 Å². The predicted molar refractivity (Wildman–Crippen MR) is 430 cm³/mol. The van der Waals surface area contributed by atoms with E-state index in [0.717, 1.165) is 125 Å². The van der Waals surface area contributed by atoms with Gasteiger partial charge in [0.1, 0.15) is 23.9 Å². The molecule has 4 aromatic rings. The Balaban J connectivity index is 0.000000209. The maximum absolute atomic E-state index is 13.1. The Hall–Kier alpha value is -3.47. The fraction of sp³-hybridized carbons (Fsp3) is 0.730. The number of benzene rings is 4. The number of hydrogen-bond acceptors (Lipinski definition) is 13. The minimum atomic E-state index is -6.73. The van der Waals surface area contributed by atoms with Crippen LogP contribution in [0, 0.1) is 58.7 Å². The van der Waals surface area contributed by atoms with Gasteiger partial charge in [-0.3, -0.25) is 0 Å². The Bertz CT molecular complexity index is 4020. The second kappa shape index (κ2) is 43.5. The molecule has 1 N–H and O–H groups in total. The molecule has 0 heterocycles. The second-order valence-electron chi connectivity index (χ2n) is 36.1. The fourth-order valence-corrected chi connectivity index (χ4v) is 23.5. The number of alkyl halides is 28. The topological polar surface area (TPSA) is 137 Å². The first-order valence-electron chi connectivity index (χ1n) is 43.5. The van der Waals surface area contributed by atoms with Crippen LogP contribution in [0.1, 0.15) is 206 Å². The van der Waals surface area contributed by atoms with Gasteiger partial charge in [0.05, 0.1) is 66.8 Å². The van der Waals surface area contributed by atoms with Gasteiger partial charge in [-0.25, -0.2) is 8.42 Å². The van der Waals surface area contributed by atoms with Crippen LogP contribution in [-0.4, -0.2) is 176 Å². The van der Waals surface area contributed by atoms with Crippen molar-refractivity contribution >= 4 is 36.5 Å². The summed E-state index contributed by atoms with van der Waals surface area (Å²) in [6, 6.07) is 25.0. The zero-order valence-corrected chi connectivity index (χ0v) is 79.4. The summed E-state index contributed by atoms with van der Waals surface area (Å²) in [7, 11) is -3.44. The Morgan fingerprint density at radius 3 is 0.902 bits per heavy atom. The molecule has 4 aromatic carbocycles. The predicted octanol–water partition coefficient (Wildman–Crippen LogP) is 22.4. The van der Waals surface area contributed by atoms with Gasteiger partial charge in [0, 0.05) is 30.0 Å². The van der Waals surface area contributed by atoms with Gasteiger partial charge < -0.3 is 59.4 Å². The van der Waals surface area contributed by atoms with Gasteiger partial charge in [-0.05, 0) is 300 Å². The number of rotatable bonds is 28. The molecule has 0 aromatic heterocycles. The van der Waals surface area contributed by atoms with Crippen LogP contribution >= 0.6 is 15.9 Å². The van der Waals surface area contributed by atoms with E-state index in [1.165, 1.54) is 45.5 Å². The summed E-state index contributed by atoms with van der Waals surface area (Å²) in [4.78, 5) is 0.193. The number of aliphatic hydroxyl groups is 1. The van der Waals surface area contributed by atoms with E-state index in [9.17, 15) is 127 Å². The van der Waals surface area contributed by atoms with Gasteiger partial charge in [-0.1, -0.05) is 79.5 Å². The normalized spacial score (nSPS) is 27.4. The number of aliphatic hydroxyl groups excluding tert-OH is 1.